The maximum atomic E-state index is 12.8. The molecule has 3 rings (SSSR count). The zero-order valence-corrected chi connectivity index (χ0v) is 14.2. The molecule has 3 heterocycles. The number of aromatic nitrogens is 3. The minimum absolute atomic E-state index is 0.0239. The van der Waals surface area contributed by atoms with Gasteiger partial charge in [0.15, 0.2) is 0 Å². The van der Waals surface area contributed by atoms with Gasteiger partial charge in [0.1, 0.15) is 10.8 Å². The molecule has 1 atom stereocenters. The number of hydrogen-bond acceptors (Lipinski definition) is 5. The van der Waals surface area contributed by atoms with E-state index in [-0.39, 0.29) is 23.9 Å². The van der Waals surface area contributed by atoms with Gasteiger partial charge in [-0.15, -0.1) is 11.3 Å². The van der Waals surface area contributed by atoms with Gasteiger partial charge in [0.25, 0.3) is 5.56 Å². The number of carbonyl (C=O) groups excluding carboxylic acids is 1. The Balaban J connectivity index is 1.83. The van der Waals surface area contributed by atoms with E-state index in [9.17, 15) is 9.59 Å². The fourth-order valence-electron chi connectivity index (χ4n) is 3.10. The minimum atomic E-state index is -0.217. The van der Waals surface area contributed by atoms with Crippen LogP contribution in [-0.2, 0) is 11.2 Å². The largest absolute Gasteiger partial charge is 0.333 e. The van der Waals surface area contributed by atoms with E-state index in [1.54, 1.807) is 31.4 Å². The smallest absolute Gasteiger partial charge is 0.254 e. The van der Waals surface area contributed by atoms with Crippen LogP contribution >= 0.6 is 11.3 Å². The highest BCUT2D eigenvalue weighted by Crippen LogP contribution is 2.32. The van der Waals surface area contributed by atoms with Crippen LogP contribution in [0.3, 0.4) is 0 Å². The summed E-state index contributed by atoms with van der Waals surface area (Å²) in [6.07, 6.45) is 4.89. The van der Waals surface area contributed by atoms with Crippen molar-refractivity contribution < 1.29 is 4.79 Å². The molecular weight excluding hydrogens is 312 g/mol. The van der Waals surface area contributed by atoms with Crippen LogP contribution in [-0.4, -0.2) is 32.3 Å². The highest BCUT2D eigenvalue weighted by Gasteiger charge is 2.30. The molecule has 0 aliphatic carbocycles. The Morgan fingerprint density at radius 1 is 1.43 bits per heavy atom. The third-order valence-electron chi connectivity index (χ3n) is 4.23. The van der Waals surface area contributed by atoms with Gasteiger partial charge in [-0.25, -0.2) is 9.97 Å². The Hall–Kier alpha value is -2.02. The summed E-state index contributed by atoms with van der Waals surface area (Å²) in [6.45, 7) is 4.24. The average Bonchev–Trinajstić information content (AvgIpc) is 3.05. The first-order valence-corrected chi connectivity index (χ1v) is 8.69. The van der Waals surface area contributed by atoms with Gasteiger partial charge in [-0.1, -0.05) is 0 Å². The van der Waals surface area contributed by atoms with Crippen molar-refractivity contribution in [3.05, 3.63) is 44.0 Å². The number of rotatable bonds is 3. The molecule has 1 fully saturated rings. The van der Waals surface area contributed by atoms with Crippen LogP contribution in [0.2, 0.25) is 0 Å². The topological polar surface area (TPSA) is 79.0 Å². The molecule has 0 spiro atoms. The fourth-order valence-corrected chi connectivity index (χ4v) is 3.88. The predicted molar refractivity (Wildman–Crippen MR) is 88.5 cm³/mol. The number of hydrogen-bond donors (Lipinski definition) is 1. The van der Waals surface area contributed by atoms with Crippen molar-refractivity contribution >= 4 is 17.2 Å². The zero-order valence-electron chi connectivity index (χ0n) is 13.3. The van der Waals surface area contributed by atoms with Gasteiger partial charge in [-0.3, -0.25) is 9.59 Å². The Morgan fingerprint density at radius 2 is 2.26 bits per heavy atom. The van der Waals surface area contributed by atoms with E-state index in [0.29, 0.717) is 17.1 Å². The Bertz CT molecular complexity index is 754. The fraction of sp³-hybridized carbons (Fsp3) is 0.500. The SMILES string of the molecule is Cc1nc(C)c(CC(=O)N2CCCC[C@H]2c2nccs2)c(=O)[nH]1. The third-order valence-corrected chi connectivity index (χ3v) is 5.11. The molecule has 23 heavy (non-hydrogen) atoms. The van der Waals surface area contributed by atoms with Crippen molar-refractivity contribution in [1.29, 1.82) is 0 Å². The molecule has 1 amide bonds. The molecule has 122 valence electrons. The lowest BCUT2D eigenvalue weighted by molar-refractivity contribution is -0.134. The maximum absolute atomic E-state index is 12.8. The van der Waals surface area contributed by atoms with E-state index < -0.39 is 0 Å². The molecule has 2 aromatic rings. The van der Waals surface area contributed by atoms with Crippen molar-refractivity contribution in [2.75, 3.05) is 6.54 Å². The van der Waals surface area contributed by atoms with E-state index in [0.717, 1.165) is 30.8 Å². The van der Waals surface area contributed by atoms with Gasteiger partial charge in [0, 0.05) is 29.4 Å². The van der Waals surface area contributed by atoms with Crippen molar-refractivity contribution in [1.82, 2.24) is 19.9 Å². The quantitative estimate of drug-likeness (QED) is 0.934. The standard InChI is InChI=1S/C16H20N4O2S/c1-10-12(15(22)19-11(2)18-10)9-14(21)20-7-4-3-5-13(20)16-17-6-8-23-16/h6,8,13H,3-5,7,9H2,1-2H3,(H,18,19,22)/t13-/m0/s1. The molecular formula is C16H20N4O2S. The van der Waals surface area contributed by atoms with E-state index in [2.05, 4.69) is 15.0 Å². The normalized spacial score (nSPS) is 18.2. The van der Waals surface area contributed by atoms with Gasteiger partial charge in [-0.05, 0) is 33.1 Å². The van der Waals surface area contributed by atoms with Gasteiger partial charge in [-0.2, -0.15) is 0 Å². The average molecular weight is 332 g/mol. The van der Waals surface area contributed by atoms with Gasteiger partial charge >= 0.3 is 0 Å². The Labute approximate surface area is 138 Å². The first-order valence-electron chi connectivity index (χ1n) is 7.81. The number of thiazole rings is 1. The second kappa shape index (κ2) is 6.62. The number of nitrogens with one attached hydrogen (secondary N) is 1. The summed E-state index contributed by atoms with van der Waals surface area (Å²) in [4.78, 5) is 38.1. The zero-order chi connectivity index (χ0) is 16.4. The molecule has 0 unspecified atom stereocenters. The summed E-state index contributed by atoms with van der Waals surface area (Å²) >= 11 is 1.58. The summed E-state index contributed by atoms with van der Waals surface area (Å²) in [5.41, 5.74) is 0.873. The molecule has 1 N–H and O–H groups in total. The molecule has 0 bridgehead atoms. The lowest BCUT2D eigenvalue weighted by Gasteiger charge is -2.34. The highest BCUT2D eigenvalue weighted by molar-refractivity contribution is 7.09. The summed E-state index contributed by atoms with van der Waals surface area (Å²) in [7, 11) is 0. The molecule has 7 heteroatoms. The summed E-state index contributed by atoms with van der Waals surface area (Å²) in [5, 5.41) is 2.91. The number of aromatic amines is 1. The lowest BCUT2D eigenvalue weighted by Crippen LogP contribution is -2.40. The van der Waals surface area contributed by atoms with E-state index in [1.807, 2.05) is 10.3 Å². The van der Waals surface area contributed by atoms with Crippen molar-refractivity contribution in [2.45, 2.75) is 45.6 Å². The van der Waals surface area contributed by atoms with Crippen LogP contribution < -0.4 is 5.56 Å². The van der Waals surface area contributed by atoms with Crippen molar-refractivity contribution in [3.63, 3.8) is 0 Å². The molecule has 6 nitrogen and oxygen atoms in total. The van der Waals surface area contributed by atoms with Crippen molar-refractivity contribution in [3.8, 4) is 0 Å². The molecule has 2 aromatic heterocycles. The molecule has 0 radical (unpaired) electrons. The van der Waals surface area contributed by atoms with Crippen LogP contribution in [0.25, 0.3) is 0 Å². The maximum Gasteiger partial charge on any atom is 0.254 e. The van der Waals surface area contributed by atoms with Crippen LogP contribution in [0.15, 0.2) is 16.4 Å². The second-order valence-electron chi connectivity index (χ2n) is 5.86. The number of likely N-dealkylation sites (tertiary alicyclic amines) is 1. The van der Waals surface area contributed by atoms with Crippen LogP contribution in [0.5, 0.6) is 0 Å². The number of aryl methyl sites for hydroxylation is 2. The number of H-pyrrole nitrogens is 1. The number of nitrogens with zero attached hydrogens (tertiary/aromatic N) is 3. The molecule has 0 aromatic carbocycles. The van der Waals surface area contributed by atoms with Crippen LogP contribution in [0.1, 0.15) is 47.4 Å². The molecule has 1 aliphatic rings. The van der Waals surface area contributed by atoms with E-state index >= 15 is 0 Å². The second-order valence-corrected chi connectivity index (χ2v) is 6.79. The highest BCUT2D eigenvalue weighted by atomic mass is 32.1. The summed E-state index contributed by atoms with van der Waals surface area (Å²) in [5.74, 6) is 0.548. The first kappa shape index (κ1) is 15.9. The number of carbonyl (C=O) groups is 1. The van der Waals surface area contributed by atoms with E-state index in [1.165, 1.54) is 0 Å². The first-order chi connectivity index (χ1) is 11.1. The van der Waals surface area contributed by atoms with Crippen molar-refractivity contribution in [2.24, 2.45) is 0 Å². The Morgan fingerprint density at radius 3 is 2.96 bits per heavy atom. The lowest BCUT2D eigenvalue weighted by atomic mass is 10.0. The predicted octanol–water partition coefficient (Wildman–Crippen LogP) is 2.14. The Kier molecular flexibility index (Phi) is 4.56. The van der Waals surface area contributed by atoms with E-state index in [4.69, 9.17) is 0 Å². The van der Waals surface area contributed by atoms with Gasteiger partial charge in [0.05, 0.1) is 12.5 Å². The summed E-state index contributed by atoms with van der Waals surface area (Å²) in [6, 6.07) is 0.0362. The summed E-state index contributed by atoms with van der Waals surface area (Å²) < 4.78 is 0. The number of piperidine rings is 1. The van der Waals surface area contributed by atoms with Gasteiger partial charge in [0.2, 0.25) is 5.91 Å². The molecule has 0 saturated carbocycles. The third kappa shape index (κ3) is 3.34. The van der Waals surface area contributed by atoms with Crippen LogP contribution in [0.4, 0.5) is 0 Å². The molecule has 1 saturated heterocycles. The van der Waals surface area contributed by atoms with Gasteiger partial charge < -0.3 is 9.88 Å². The van der Waals surface area contributed by atoms with Crippen LogP contribution in [0, 0.1) is 13.8 Å². The minimum Gasteiger partial charge on any atom is -0.333 e. The number of amides is 1. The monoisotopic (exact) mass is 332 g/mol. The molecule has 1 aliphatic heterocycles.